The van der Waals surface area contributed by atoms with E-state index in [0.717, 1.165) is 35.7 Å². The zero-order valence-electron chi connectivity index (χ0n) is 12.1. The Morgan fingerprint density at radius 1 is 1.24 bits per heavy atom. The van der Waals surface area contributed by atoms with Crippen molar-refractivity contribution >= 4 is 0 Å². The summed E-state index contributed by atoms with van der Waals surface area (Å²) in [5, 5.41) is 0. The zero-order chi connectivity index (χ0) is 14.7. The van der Waals surface area contributed by atoms with Crippen LogP contribution < -0.4 is 20.7 Å². The number of nitrogens with two attached hydrogens (primary N) is 1. The minimum absolute atomic E-state index is 0.0891. The maximum atomic E-state index is 5.79. The van der Waals surface area contributed by atoms with Crippen molar-refractivity contribution in [2.75, 3.05) is 13.2 Å². The van der Waals surface area contributed by atoms with Crippen LogP contribution >= 0.6 is 0 Å². The molecule has 3 N–H and O–H groups in total. The van der Waals surface area contributed by atoms with Crippen molar-refractivity contribution in [2.24, 2.45) is 5.84 Å². The molecule has 2 aromatic carbocycles. The van der Waals surface area contributed by atoms with E-state index >= 15 is 0 Å². The highest BCUT2D eigenvalue weighted by Gasteiger charge is 2.22. The number of para-hydroxylation sites is 1. The van der Waals surface area contributed by atoms with Crippen LogP contribution in [0.1, 0.15) is 29.7 Å². The summed E-state index contributed by atoms with van der Waals surface area (Å²) < 4.78 is 11.3. The second-order valence-corrected chi connectivity index (χ2v) is 5.04. The number of hydrogen-bond acceptors (Lipinski definition) is 4. The number of rotatable bonds is 5. The molecule has 0 spiro atoms. The molecule has 4 nitrogen and oxygen atoms in total. The monoisotopic (exact) mass is 284 g/mol. The van der Waals surface area contributed by atoms with Gasteiger partial charge in [-0.1, -0.05) is 30.3 Å². The molecule has 0 amide bonds. The Kier molecular flexibility index (Phi) is 4.08. The minimum Gasteiger partial charge on any atom is -0.494 e. The fraction of sp³-hybridized carbons (Fsp3) is 0.294. The number of nitrogens with one attached hydrogen (secondary N) is 1. The fourth-order valence-corrected chi connectivity index (χ4v) is 2.76. The van der Waals surface area contributed by atoms with Gasteiger partial charge in [0.1, 0.15) is 11.5 Å². The van der Waals surface area contributed by atoms with E-state index in [9.17, 15) is 0 Å². The lowest BCUT2D eigenvalue weighted by Gasteiger charge is -2.19. The first-order valence-electron chi connectivity index (χ1n) is 7.27. The van der Waals surface area contributed by atoms with Gasteiger partial charge < -0.3 is 9.47 Å². The lowest BCUT2D eigenvalue weighted by atomic mass is 9.96. The second kappa shape index (κ2) is 6.16. The van der Waals surface area contributed by atoms with Gasteiger partial charge in [-0.15, -0.1) is 0 Å². The molecule has 1 aliphatic rings. The van der Waals surface area contributed by atoms with Crippen LogP contribution in [-0.4, -0.2) is 13.2 Å². The summed E-state index contributed by atoms with van der Waals surface area (Å²) in [6, 6.07) is 14.1. The fourth-order valence-electron chi connectivity index (χ4n) is 2.76. The molecule has 0 saturated heterocycles. The average Bonchev–Trinajstić information content (AvgIpc) is 2.99. The highest BCUT2D eigenvalue weighted by molar-refractivity contribution is 5.49. The third-order valence-corrected chi connectivity index (χ3v) is 3.75. The Morgan fingerprint density at radius 2 is 2.05 bits per heavy atom. The molecule has 0 bridgehead atoms. The Balaban J connectivity index is 1.93. The van der Waals surface area contributed by atoms with E-state index in [2.05, 4.69) is 23.6 Å². The first-order valence-corrected chi connectivity index (χ1v) is 7.27. The van der Waals surface area contributed by atoms with Gasteiger partial charge in [-0.25, -0.2) is 5.43 Å². The molecule has 1 aliphatic heterocycles. The first kappa shape index (κ1) is 13.9. The van der Waals surface area contributed by atoms with Crippen molar-refractivity contribution in [3.8, 4) is 11.5 Å². The highest BCUT2D eigenvalue weighted by atomic mass is 16.5. The third kappa shape index (κ3) is 2.73. The van der Waals surface area contributed by atoms with Gasteiger partial charge in [-0.3, -0.25) is 5.84 Å². The lowest BCUT2D eigenvalue weighted by Crippen LogP contribution is -2.29. The van der Waals surface area contributed by atoms with Gasteiger partial charge in [0.15, 0.2) is 0 Å². The maximum Gasteiger partial charge on any atom is 0.127 e. The van der Waals surface area contributed by atoms with Crippen molar-refractivity contribution in [3.05, 3.63) is 59.2 Å². The highest BCUT2D eigenvalue weighted by Crippen LogP contribution is 2.36. The SMILES string of the molecule is CCOc1ccc(C(NN)c2cccc3c2OCC3)cc1. The van der Waals surface area contributed by atoms with Gasteiger partial charge in [-0.05, 0) is 30.2 Å². The summed E-state index contributed by atoms with van der Waals surface area (Å²) in [6.07, 6.45) is 0.962. The maximum absolute atomic E-state index is 5.79. The molecule has 1 unspecified atom stereocenters. The van der Waals surface area contributed by atoms with E-state index in [0.29, 0.717) is 6.61 Å². The van der Waals surface area contributed by atoms with Gasteiger partial charge in [0.05, 0.1) is 19.3 Å². The number of hydrazine groups is 1. The van der Waals surface area contributed by atoms with Crippen LogP contribution in [0.3, 0.4) is 0 Å². The second-order valence-electron chi connectivity index (χ2n) is 5.04. The first-order chi connectivity index (χ1) is 10.3. The van der Waals surface area contributed by atoms with E-state index < -0.39 is 0 Å². The van der Waals surface area contributed by atoms with E-state index in [1.165, 1.54) is 5.56 Å². The summed E-state index contributed by atoms with van der Waals surface area (Å²) in [4.78, 5) is 0. The molecular formula is C17H20N2O2. The van der Waals surface area contributed by atoms with Gasteiger partial charge >= 0.3 is 0 Å². The smallest absolute Gasteiger partial charge is 0.127 e. The van der Waals surface area contributed by atoms with Crippen LogP contribution in [0.4, 0.5) is 0 Å². The van der Waals surface area contributed by atoms with Crippen LogP contribution in [0, 0.1) is 0 Å². The van der Waals surface area contributed by atoms with Crippen molar-refractivity contribution in [1.82, 2.24) is 5.43 Å². The predicted octanol–water partition coefficient (Wildman–Crippen LogP) is 2.57. The molecule has 0 fully saturated rings. The standard InChI is InChI=1S/C17H20N2O2/c1-2-20-14-8-6-12(7-9-14)16(19-18)15-5-3-4-13-10-11-21-17(13)15/h3-9,16,19H,2,10-11,18H2,1H3. The number of benzene rings is 2. The average molecular weight is 284 g/mol. The largest absolute Gasteiger partial charge is 0.494 e. The van der Waals surface area contributed by atoms with Crippen molar-refractivity contribution in [2.45, 2.75) is 19.4 Å². The van der Waals surface area contributed by atoms with E-state index in [1.807, 2.05) is 31.2 Å². The van der Waals surface area contributed by atoms with Crippen LogP contribution in [0.25, 0.3) is 0 Å². The summed E-state index contributed by atoms with van der Waals surface area (Å²) in [5.74, 6) is 7.62. The predicted molar refractivity (Wildman–Crippen MR) is 82.4 cm³/mol. The molecule has 0 radical (unpaired) electrons. The molecule has 3 rings (SSSR count). The van der Waals surface area contributed by atoms with Crippen LogP contribution in [0.5, 0.6) is 11.5 Å². The van der Waals surface area contributed by atoms with E-state index in [-0.39, 0.29) is 6.04 Å². The molecule has 0 aliphatic carbocycles. The van der Waals surface area contributed by atoms with Crippen LogP contribution in [-0.2, 0) is 6.42 Å². The molecule has 1 atom stereocenters. The van der Waals surface area contributed by atoms with Gasteiger partial charge in [-0.2, -0.15) is 0 Å². The molecular weight excluding hydrogens is 264 g/mol. The molecule has 0 saturated carbocycles. The Labute approximate surface area is 124 Å². The van der Waals surface area contributed by atoms with Crippen molar-refractivity contribution < 1.29 is 9.47 Å². The molecule has 1 heterocycles. The summed E-state index contributed by atoms with van der Waals surface area (Å²) in [5.41, 5.74) is 6.31. The molecule has 21 heavy (non-hydrogen) atoms. The Morgan fingerprint density at radius 3 is 2.76 bits per heavy atom. The summed E-state index contributed by atoms with van der Waals surface area (Å²) >= 11 is 0. The van der Waals surface area contributed by atoms with Gasteiger partial charge in [0.2, 0.25) is 0 Å². The third-order valence-electron chi connectivity index (χ3n) is 3.75. The number of hydrogen-bond donors (Lipinski definition) is 2. The molecule has 110 valence electrons. The van der Waals surface area contributed by atoms with Crippen LogP contribution in [0.15, 0.2) is 42.5 Å². The molecule has 4 heteroatoms. The zero-order valence-corrected chi connectivity index (χ0v) is 12.1. The Hall–Kier alpha value is -2.04. The van der Waals surface area contributed by atoms with Crippen molar-refractivity contribution in [3.63, 3.8) is 0 Å². The summed E-state index contributed by atoms with van der Waals surface area (Å²) in [7, 11) is 0. The normalized spacial score (nSPS) is 14.4. The Bertz CT molecular complexity index is 611. The molecule has 2 aromatic rings. The topological polar surface area (TPSA) is 56.5 Å². The number of fused-ring (bicyclic) bond motifs is 1. The van der Waals surface area contributed by atoms with E-state index in [1.54, 1.807) is 0 Å². The quantitative estimate of drug-likeness (QED) is 0.654. The van der Waals surface area contributed by atoms with Crippen molar-refractivity contribution in [1.29, 1.82) is 0 Å². The van der Waals surface area contributed by atoms with Gasteiger partial charge in [0, 0.05) is 12.0 Å². The lowest BCUT2D eigenvalue weighted by molar-refractivity contribution is 0.340. The van der Waals surface area contributed by atoms with Gasteiger partial charge in [0.25, 0.3) is 0 Å². The minimum atomic E-state index is -0.0891. The summed E-state index contributed by atoms with van der Waals surface area (Å²) in [6.45, 7) is 3.38. The molecule has 0 aromatic heterocycles. The van der Waals surface area contributed by atoms with Crippen LogP contribution in [0.2, 0.25) is 0 Å². The van der Waals surface area contributed by atoms with E-state index in [4.69, 9.17) is 15.3 Å². The number of ether oxygens (including phenoxy) is 2.